The normalized spacial score (nSPS) is 18.8. The van der Waals surface area contributed by atoms with Crippen LogP contribution in [0, 0.1) is 22.5 Å². The predicted molar refractivity (Wildman–Crippen MR) is 171 cm³/mol. The van der Waals surface area contributed by atoms with E-state index >= 15 is 4.39 Å². The van der Waals surface area contributed by atoms with Gasteiger partial charge in [-0.05, 0) is 135 Å². The summed E-state index contributed by atoms with van der Waals surface area (Å²) in [4.78, 5) is 0. The van der Waals surface area contributed by atoms with Crippen LogP contribution in [0.5, 0.6) is 0 Å². The van der Waals surface area contributed by atoms with Crippen molar-refractivity contribution in [3.05, 3.63) is 139 Å². The number of hydrogen-bond acceptors (Lipinski definition) is 0. The number of benzene rings is 4. The summed E-state index contributed by atoms with van der Waals surface area (Å²) in [5, 5.41) is 1.49. The van der Waals surface area contributed by atoms with E-state index in [0.717, 1.165) is 51.6 Å². The lowest BCUT2D eigenvalue weighted by Crippen LogP contribution is -2.28. The van der Waals surface area contributed by atoms with Crippen LogP contribution in [0.25, 0.3) is 0 Å². The maximum atomic E-state index is 15.0. The fourth-order valence-corrected chi connectivity index (χ4v) is 8.42. The van der Waals surface area contributed by atoms with Gasteiger partial charge in [-0.25, -0.2) is 8.78 Å². The highest BCUT2D eigenvalue weighted by Crippen LogP contribution is 2.54. The van der Waals surface area contributed by atoms with E-state index < -0.39 is 0 Å². The second kappa shape index (κ2) is 10.8. The summed E-state index contributed by atoms with van der Waals surface area (Å²) in [5.74, 6) is -0.327. The van der Waals surface area contributed by atoms with Crippen molar-refractivity contribution in [2.24, 2.45) is 10.8 Å². The largest absolute Gasteiger partial charge is 0.207 e. The molecule has 42 heavy (non-hydrogen) atoms. The Morgan fingerprint density at radius 3 is 1.67 bits per heavy atom. The summed E-state index contributed by atoms with van der Waals surface area (Å²) < 4.78 is 29.8. The first kappa shape index (κ1) is 29.4. The Morgan fingerprint density at radius 1 is 0.595 bits per heavy atom. The summed E-state index contributed by atoms with van der Waals surface area (Å²) in [6, 6.07) is 23.1. The minimum absolute atomic E-state index is 0.00773. The lowest BCUT2D eigenvalue weighted by atomic mass is 9.64. The molecule has 0 saturated carbocycles. The van der Waals surface area contributed by atoms with Crippen molar-refractivity contribution in [1.29, 1.82) is 0 Å². The first-order chi connectivity index (χ1) is 19.8. The fourth-order valence-electron chi connectivity index (χ4n) is 8.03. The van der Waals surface area contributed by atoms with Gasteiger partial charge in [0.25, 0.3) is 0 Å². The third-order valence-electron chi connectivity index (χ3n) is 9.60. The van der Waals surface area contributed by atoms with Crippen LogP contribution in [0.4, 0.5) is 8.78 Å². The molecule has 0 N–H and O–H groups in total. The van der Waals surface area contributed by atoms with Gasteiger partial charge in [0.2, 0.25) is 0 Å². The zero-order chi connectivity index (χ0) is 30.0. The Kier molecular flexibility index (Phi) is 7.55. The van der Waals surface area contributed by atoms with Crippen LogP contribution in [0.15, 0.2) is 72.8 Å². The molecular formula is C38H38Cl2F2. The molecule has 6 rings (SSSR count). The molecule has 4 aromatic rings. The van der Waals surface area contributed by atoms with E-state index in [2.05, 4.69) is 58.9 Å². The monoisotopic (exact) mass is 602 g/mol. The van der Waals surface area contributed by atoms with E-state index in [1.807, 2.05) is 24.3 Å². The summed E-state index contributed by atoms with van der Waals surface area (Å²) in [7, 11) is 0. The molecule has 0 heterocycles. The van der Waals surface area contributed by atoms with Crippen molar-refractivity contribution in [2.45, 2.75) is 78.1 Å². The van der Waals surface area contributed by atoms with Crippen molar-refractivity contribution < 1.29 is 8.78 Å². The number of aryl methyl sites for hydroxylation is 2. The van der Waals surface area contributed by atoms with Crippen LogP contribution in [0.1, 0.15) is 103 Å². The molecule has 0 saturated heterocycles. The highest BCUT2D eigenvalue weighted by molar-refractivity contribution is 6.31. The predicted octanol–water partition coefficient (Wildman–Crippen LogP) is 11.4. The second-order valence-electron chi connectivity index (χ2n) is 14.1. The Bertz CT molecular complexity index is 1610. The van der Waals surface area contributed by atoms with Crippen LogP contribution in [-0.2, 0) is 19.3 Å². The molecule has 0 radical (unpaired) electrons. The standard InChI is InChI=1S/C38H38Cl2F2/c1-37(2,3)35-32-14-10-28(41)19-24(32)16-25(34-20-29(42)11-15-33(34)35)21-38(4,5)36-30-12-8-26(39)17-22(30)6-7-23-18-27(40)9-13-31(23)36/h8-15,17-20,25,35-36H,6-7,16,21H2,1-5H3. The quantitative estimate of drug-likeness (QED) is 0.219. The van der Waals surface area contributed by atoms with E-state index in [-0.39, 0.29) is 40.2 Å². The van der Waals surface area contributed by atoms with E-state index in [0.29, 0.717) is 6.42 Å². The zero-order valence-corrected chi connectivity index (χ0v) is 26.5. The third-order valence-corrected chi connectivity index (χ3v) is 10.1. The molecule has 0 nitrogen and oxygen atoms in total. The van der Waals surface area contributed by atoms with E-state index in [4.69, 9.17) is 23.2 Å². The number of hydrogen-bond donors (Lipinski definition) is 0. The van der Waals surface area contributed by atoms with Crippen molar-refractivity contribution >= 4 is 23.2 Å². The molecule has 4 aromatic carbocycles. The molecule has 4 heteroatoms. The van der Waals surface area contributed by atoms with Crippen LogP contribution >= 0.6 is 23.2 Å². The molecule has 2 aliphatic rings. The van der Waals surface area contributed by atoms with E-state index in [9.17, 15) is 4.39 Å². The summed E-state index contributed by atoms with van der Waals surface area (Å²) >= 11 is 13.0. The van der Waals surface area contributed by atoms with Gasteiger partial charge in [-0.15, -0.1) is 0 Å². The van der Waals surface area contributed by atoms with Gasteiger partial charge in [0.15, 0.2) is 0 Å². The third kappa shape index (κ3) is 5.42. The van der Waals surface area contributed by atoms with Gasteiger partial charge in [-0.3, -0.25) is 0 Å². The maximum absolute atomic E-state index is 15.0. The van der Waals surface area contributed by atoms with Crippen LogP contribution in [0.3, 0.4) is 0 Å². The SMILES string of the molecule is CC(C)(C)C1c2ccc(F)cc2CC(CC(C)(C)C2c3ccc(Cl)cc3CCc3cc(Cl)ccc32)c2cc(F)ccc21. The van der Waals surface area contributed by atoms with Gasteiger partial charge in [-0.1, -0.05) is 82.1 Å². The molecule has 0 aliphatic heterocycles. The van der Waals surface area contributed by atoms with Gasteiger partial charge >= 0.3 is 0 Å². The molecule has 0 bridgehead atoms. The van der Waals surface area contributed by atoms with E-state index in [1.54, 1.807) is 24.3 Å². The molecule has 0 amide bonds. The molecule has 0 fully saturated rings. The summed E-state index contributed by atoms with van der Waals surface area (Å²) in [6.07, 6.45) is 3.25. The van der Waals surface area contributed by atoms with Crippen LogP contribution < -0.4 is 0 Å². The fraction of sp³-hybridized carbons (Fsp3) is 0.368. The smallest absolute Gasteiger partial charge is 0.123 e. The van der Waals surface area contributed by atoms with Gasteiger partial charge in [0.1, 0.15) is 11.6 Å². The molecule has 0 spiro atoms. The molecule has 2 unspecified atom stereocenters. The first-order valence-corrected chi connectivity index (χ1v) is 15.7. The van der Waals surface area contributed by atoms with Crippen molar-refractivity contribution in [3.8, 4) is 0 Å². The van der Waals surface area contributed by atoms with Gasteiger partial charge in [-0.2, -0.15) is 0 Å². The highest BCUT2D eigenvalue weighted by Gasteiger charge is 2.41. The Labute approximate surface area is 259 Å². The van der Waals surface area contributed by atoms with Crippen molar-refractivity contribution in [1.82, 2.24) is 0 Å². The number of fused-ring (bicyclic) bond motifs is 4. The van der Waals surface area contributed by atoms with Crippen LogP contribution in [0.2, 0.25) is 10.0 Å². The Hall–Kier alpha value is -2.68. The molecule has 2 atom stereocenters. The van der Waals surface area contributed by atoms with E-state index in [1.165, 1.54) is 22.3 Å². The minimum Gasteiger partial charge on any atom is -0.207 e. The number of rotatable bonds is 3. The molecule has 0 aromatic heterocycles. The van der Waals surface area contributed by atoms with Gasteiger partial charge < -0.3 is 0 Å². The highest BCUT2D eigenvalue weighted by atomic mass is 35.5. The minimum atomic E-state index is -0.237. The Balaban J connectivity index is 1.52. The summed E-state index contributed by atoms with van der Waals surface area (Å²) in [5.41, 5.74) is 9.09. The number of halogens is 4. The molecular weight excluding hydrogens is 565 g/mol. The first-order valence-electron chi connectivity index (χ1n) is 15.0. The lowest BCUT2D eigenvalue weighted by molar-refractivity contribution is 0.264. The van der Waals surface area contributed by atoms with Crippen molar-refractivity contribution in [2.75, 3.05) is 0 Å². The van der Waals surface area contributed by atoms with Gasteiger partial charge in [0.05, 0.1) is 0 Å². The zero-order valence-electron chi connectivity index (χ0n) is 25.0. The van der Waals surface area contributed by atoms with Gasteiger partial charge in [0, 0.05) is 21.9 Å². The van der Waals surface area contributed by atoms with Crippen molar-refractivity contribution in [3.63, 3.8) is 0 Å². The maximum Gasteiger partial charge on any atom is 0.123 e. The summed E-state index contributed by atoms with van der Waals surface area (Å²) in [6.45, 7) is 11.3. The lowest BCUT2D eigenvalue weighted by Gasteiger charge is -2.39. The molecule has 218 valence electrons. The molecule has 2 aliphatic carbocycles. The average molecular weight is 604 g/mol. The van der Waals surface area contributed by atoms with Crippen LogP contribution in [-0.4, -0.2) is 0 Å². The topological polar surface area (TPSA) is 0 Å². The average Bonchev–Trinajstić information content (AvgIpc) is 3.14. The second-order valence-corrected chi connectivity index (χ2v) is 15.0. The Morgan fingerprint density at radius 2 is 1.10 bits per heavy atom.